The molecule has 1 nitrogen and oxygen atoms in total. The van der Waals surface area contributed by atoms with E-state index < -0.39 is 0 Å². The Morgan fingerprint density at radius 3 is 1.91 bits per heavy atom. The first-order valence-electron chi connectivity index (χ1n) is 8.39. The van der Waals surface area contributed by atoms with Crippen LogP contribution in [0.4, 0.5) is 0 Å². The van der Waals surface area contributed by atoms with Crippen LogP contribution in [-0.4, -0.2) is 6.04 Å². The van der Waals surface area contributed by atoms with E-state index in [-0.39, 0.29) is 0 Å². The molecule has 0 spiro atoms. The molecule has 1 N–H and O–H groups in total. The van der Waals surface area contributed by atoms with Gasteiger partial charge in [-0.1, -0.05) is 78.0 Å². The summed E-state index contributed by atoms with van der Waals surface area (Å²) in [5.41, 5.74) is 3.93. The van der Waals surface area contributed by atoms with Crippen molar-refractivity contribution in [3.8, 4) is 11.1 Å². The monoisotopic (exact) mass is 357 g/mol. The van der Waals surface area contributed by atoms with Gasteiger partial charge >= 0.3 is 0 Å². The molecule has 2 aromatic rings. The van der Waals surface area contributed by atoms with Gasteiger partial charge in [-0.3, -0.25) is 0 Å². The Labute approximate surface area is 142 Å². The van der Waals surface area contributed by atoms with Crippen LogP contribution in [0, 0.1) is 0 Å². The molecule has 0 amide bonds. The van der Waals surface area contributed by atoms with Gasteiger partial charge in [0.25, 0.3) is 0 Å². The molecule has 3 rings (SSSR count). The maximum Gasteiger partial charge on any atom is 0.0208 e. The second kappa shape index (κ2) is 7.94. The topological polar surface area (TPSA) is 12.0 Å². The fourth-order valence-electron chi connectivity index (χ4n) is 3.20. The van der Waals surface area contributed by atoms with Crippen molar-refractivity contribution in [1.29, 1.82) is 0 Å². The molecule has 0 radical (unpaired) electrons. The minimum absolute atomic E-state index is 0.716. The van der Waals surface area contributed by atoms with E-state index in [4.69, 9.17) is 0 Å². The molecule has 1 saturated carbocycles. The maximum atomic E-state index is 3.74. The van der Waals surface area contributed by atoms with Crippen LogP contribution in [0.5, 0.6) is 0 Å². The van der Waals surface area contributed by atoms with Crippen molar-refractivity contribution in [3.63, 3.8) is 0 Å². The van der Waals surface area contributed by atoms with Gasteiger partial charge in [-0.2, -0.15) is 0 Å². The van der Waals surface area contributed by atoms with Crippen molar-refractivity contribution < 1.29 is 0 Å². The lowest BCUT2D eigenvalue weighted by Crippen LogP contribution is -2.27. The molecule has 1 aliphatic rings. The molecule has 0 aliphatic heterocycles. The Balaban J connectivity index is 1.58. The summed E-state index contributed by atoms with van der Waals surface area (Å²) in [6.07, 6.45) is 8.30. The summed E-state index contributed by atoms with van der Waals surface area (Å²) in [5.74, 6) is 0. The van der Waals surface area contributed by atoms with Crippen LogP contribution in [0.3, 0.4) is 0 Å². The van der Waals surface area contributed by atoms with Gasteiger partial charge in [0.2, 0.25) is 0 Å². The van der Waals surface area contributed by atoms with Gasteiger partial charge in [0, 0.05) is 17.1 Å². The Bertz CT molecular complexity index is 566. The van der Waals surface area contributed by atoms with E-state index in [1.807, 2.05) is 0 Å². The van der Waals surface area contributed by atoms with Crippen molar-refractivity contribution in [2.75, 3.05) is 0 Å². The number of benzene rings is 2. The molecule has 0 unspecified atom stereocenters. The molecular weight excluding hydrogens is 334 g/mol. The van der Waals surface area contributed by atoms with Crippen LogP contribution in [0.25, 0.3) is 11.1 Å². The lowest BCUT2D eigenvalue weighted by Gasteiger charge is -2.16. The zero-order chi connectivity index (χ0) is 15.2. The third-order valence-electron chi connectivity index (χ3n) is 4.58. The highest BCUT2D eigenvalue weighted by molar-refractivity contribution is 9.10. The molecule has 0 aromatic heterocycles. The van der Waals surface area contributed by atoms with E-state index >= 15 is 0 Å². The molecule has 2 heteroatoms. The summed E-state index contributed by atoms with van der Waals surface area (Å²) in [7, 11) is 0. The molecular formula is C20H24BrN. The average molecular weight is 358 g/mol. The van der Waals surface area contributed by atoms with E-state index in [1.165, 1.54) is 55.2 Å². The predicted molar refractivity (Wildman–Crippen MR) is 97.9 cm³/mol. The van der Waals surface area contributed by atoms with Crippen molar-refractivity contribution in [2.24, 2.45) is 0 Å². The zero-order valence-corrected chi connectivity index (χ0v) is 14.6. The summed E-state index contributed by atoms with van der Waals surface area (Å²) in [5, 5.41) is 3.74. The van der Waals surface area contributed by atoms with E-state index in [2.05, 4.69) is 69.8 Å². The van der Waals surface area contributed by atoms with E-state index in [0.717, 1.165) is 11.0 Å². The molecule has 116 valence electrons. The van der Waals surface area contributed by atoms with Gasteiger partial charge in [0.05, 0.1) is 0 Å². The van der Waals surface area contributed by atoms with Gasteiger partial charge in [0.1, 0.15) is 0 Å². The lowest BCUT2D eigenvalue weighted by atomic mass is 10.0. The van der Waals surface area contributed by atoms with Crippen LogP contribution < -0.4 is 5.32 Å². The Morgan fingerprint density at radius 1 is 0.773 bits per heavy atom. The second-order valence-corrected chi connectivity index (χ2v) is 7.19. The fourth-order valence-corrected chi connectivity index (χ4v) is 3.47. The van der Waals surface area contributed by atoms with Crippen molar-refractivity contribution in [3.05, 3.63) is 58.6 Å². The highest BCUT2D eigenvalue weighted by Gasteiger charge is 2.11. The van der Waals surface area contributed by atoms with Gasteiger partial charge in [-0.25, -0.2) is 0 Å². The normalized spacial score (nSPS) is 16.4. The lowest BCUT2D eigenvalue weighted by molar-refractivity contribution is 0.459. The number of halogens is 1. The van der Waals surface area contributed by atoms with Crippen LogP contribution in [0.1, 0.15) is 44.1 Å². The van der Waals surface area contributed by atoms with E-state index in [9.17, 15) is 0 Å². The molecule has 0 bridgehead atoms. The summed E-state index contributed by atoms with van der Waals surface area (Å²) in [6, 6.07) is 18.2. The Kier molecular flexibility index (Phi) is 5.69. The van der Waals surface area contributed by atoms with E-state index in [0.29, 0.717) is 6.04 Å². The minimum Gasteiger partial charge on any atom is -0.310 e. The third kappa shape index (κ3) is 4.44. The second-order valence-electron chi connectivity index (χ2n) is 6.27. The average Bonchev–Trinajstić information content (AvgIpc) is 2.83. The Morgan fingerprint density at radius 2 is 1.32 bits per heavy atom. The zero-order valence-electron chi connectivity index (χ0n) is 13.0. The summed E-state index contributed by atoms with van der Waals surface area (Å²) >= 11 is 3.49. The molecule has 2 aromatic carbocycles. The highest BCUT2D eigenvalue weighted by atomic mass is 79.9. The van der Waals surface area contributed by atoms with Crippen molar-refractivity contribution in [1.82, 2.24) is 5.32 Å². The van der Waals surface area contributed by atoms with Gasteiger partial charge in [-0.05, 0) is 41.7 Å². The van der Waals surface area contributed by atoms with Crippen LogP contribution in [0.2, 0.25) is 0 Å². The first kappa shape index (κ1) is 15.8. The van der Waals surface area contributed by atoms with Crippen LogP contribution in [-0.2, 0) is 6.54 Å². The maximum absolute atomic E-state index is 3.74. The van der Waals surface area contributed by atoms with Crippen LogP contribution >= 0.6 is 15.9 Å². The Hall–Kier alpha value is -1.12. The molecule has 0 atom stereocenters. The minimum atomic E-state index is 0.716. The van der Waals surface area contributed by atoms with Gasteiger partial charge in [-0.15, -0.1) is 0 Å². The molecule has 1 aliphatic carbocycles. The molecule has 0 saturated heterocycles. The SMILES string of the molecule is Brc1ccc(-c2ccc(CNC3CCCCCC3)cc2)cc1. The summed E-state index contributed by atoms with van der Waals surface area (Å²) in [4.78, 5) is 0. The number of hydrogen-bond acceptors (Lipinski definition) is 1. The van der Waals surface area contributed by atoms with Gasteiger partial charge < -0.3 is 5.32 Å². The first-order chi connectivity index (χ1) is 10.8. The first-order valence-corrected chi connectivity index (χ1v) is 9.19. The summed E-state index contributed by atoms with van der Waals surface area (Å²) < 4.78 is 1.13. The smallest absolute Gasteiger partial charge is 0.0208 e. The number of hydrogen-bond donors (Lipinski definition) is 1. The fraction of sp³-hybridized carbons (Fsp3) is 0.400. The van der Waals surface area contributed by atoms with Gasteiger partial charge in [0.15, 0.2) is 0 Å². The molecule has 1 fully saturated rings. The van der Waals surface area contributed by atoms with Crippen molar-refractivity contribution >= 4 is 15.9 Å². The van der Waals surface area contributed by atoms with Crippen molar-refractivity contribution in [2.45, 2.75) is 51.1 Å². The molecule has 22 heavy (non-hydrogen) atoms. The molecule has 0 heterocycles. The number of nitrogens with one attached hydrogen (secondary N) is 1. The predicted octanol–water partition coefficient (Wildman–Crippen LogP) is 5.93. The highest BCUT2D eigenvalue weighted by Crippen LogP contribution is 2.22. The van der Waals surface area contributed by atoms with Crippen LogP contribution in [0.15, 0.2) is 53.0 Å². The quantitative estimate of drug-likeness (QED) is 0.668. The third-order valence-corrected chi connectivity index (χ3v) is 5.11. The largest absolute Gasteiger partial charge is 0.310 e. The van der Waals surface area contributed by atoms with E-state index in [1.54, 1.807) is 0 Å². The summed E-state index contributed by atoms with van der Waals surface area (Å²) in [6.45, 7) is 0.991. The standard InChI is InChI=1S/C20H24BrN/c21-19-13-11-18(12-14-19)17-9-7-16(8-10-17)15-22-20-5-3-1-2-4-6-20/h7-14,20,22H,1-6,15H2. The number of rotatable bonds is 4.